The topological polar surface area (TPSA) is 66.5 Å². The van der Waals surface area contributed by atoms with Gasteiger partial charge >= 0.3 is 0 Å². The van der Waals surface area contributed by atoms with Crippen LogP contribution < -0.4 is 9.62 Å². The summed E-state index contributed by atoms with van der Waals surface area (Å²) >= 11 is 11.4. The normalized spacial score (nSPS) is 12.5. The summed E-state index contributed by atoms with van der Waals surface area (Å²) in [5.41, 5.74) is 0.249. The summed E-state index contributed by atoms with van der Waals surface area (Å²) in [5, 5.41) is 2.04. The largest absolute Gasteiger partial charge is 0.324 e. The van der Waals surface area contributed by atoms with Crippen LogP contribution in [0.2, 0.25) is 10.0 Å². The molecule has 0 spiro atoms. The van der Waals surface area contributed by atoms with E-state index < -0.39 is 33.6 Å². The van der Waals surface area contributed by atoms with E-state index in [1.165, 1.54) is 18.2 Å². The Morgan fingerprint density at radius 3 is 2.15 bits per heavy atom. The maximum Gasteiger partial charge on any atom is 0.248 e. The van der Waals surface area contributed by atoms with E-state index in [1.54, 1.807) is 6.92 Å². The van der Waals surface area contributed by atoms with Gasteiger partial charge in [0.05, 0.1) is 22.0 Å². The van der Waals surface area contributed by atoms with Crippen molar-refractivity contribution in [3.05, 3.63) is 58.1 Å². The Labute approximate surface area is 165 Å². The molecule has 2 aromatic rings. The van der Waals surface area contributed by atoms with E-state index in [0.717, 1.165) is 28.8 Å². The van der Waals surface area contributed by atoms with Gasteiger partial charge < -0.3 is 5.32 Å². The highest BCUT2D eigenvalue weighted by Gasteiger charge is 2.32. The molecular formula is C17H16Cl2F2N2O3S. The highest BCUT2D eigenvalue weighted by molar-refractivity contribution is 7.92. The van der Waals surface area contributed by atoms with Crippen molar-refractivity contribution < 1.29 is 22.0 Å². The molecule has 146 valence electrons. The quantitative estimate of drug-likeness (QED) is 0.726. The Balaban J connectivity index is 2.40. The SMILES string of the molecule is CC[C@H](C(=O)Nc1ccc(F)c(Cl)c1)N(c1ccc(F)c(Cl)c1)S(C)(=O)=O. The number of carbonyl (C=O) groups excluding carboxylic acids is 1. The fraction of sp³-hybridized carbons (Fsp3) is 0.235. The number of sulfonamides is 1. The van der Waals surface area contributed by atoms with E-state index in [-0.39, 0.29) is 27.8 Å². The van der Waals surface area contributed by atoms with E-state index >= 15 is 0 Å². The zero-order chi connectivity index (χ0) is 20.4. The number of anilines is 2. The summed E-state index contributed by atoms with van der Waals surface area (Å²) in [7, 11) is -3.91. The molecule has 0 saturated carbocycles. The Morgan fingerprint density at radius 1 is 1.11 bits per heavy atom. The van der Waals surface area contributed by atoms with Crippen molar-refractivity contribution in [2.75, 3.05) is 15.9 Å². The van der Waals surface area contributed by atoms with Crippen molar-refractivity contribution in [1.29, 1.82) is 0 Å². The molecule has 0 heterocycles. The molecular weight excluding hydrogens is 421 g/mol. The summed E-state index contributed by atoms with van der Waals surface area (Å²) in [4.78, 5) is 12.7. The van der Waals surface area contributed by atoms with Crippen LogP contribution in [0.1, 0.15) is 13.3 Å². The van der Waals surface area contributed by atoms with Gasteiger partial charge in [-0.3, -0.25) is 9.10 Å². The van der Waals surface area contributed by atoms with Gasteiger partial charge in [-0.2, -0.15) is 0 Å². The molecule has 0 aliphatic rings. The molecule has 1 N–H and O–H groups in total. The summed E-state index contributed by atoms with van der Waals surface area (Å²) in [6.45, 7) is 1.62. The van der Waals surface area contributed by atoms with Crippen LogP contribution in [0.5, 0.6) is 0 Å². The molecule has 1 atom stereocenters. The van der Waals surface area contributed by atoms with Gasteiger partial charge in [0, 0.05) is 5.69 Å². The molecule has 10 heteroatoms. The predicted molar refractivity (Wildman–Crippen MR) is 103 cm³/mol. The molecule has 0 radical (unpaired) electrons. The Morgan fingerprint density at radius 2 is 1.67 bits per heavy atom. The summed E-state index contributed by atoms with van der Waals surface area (Å²) in [6.07, 6.45) is 1.04. The van der Waals surface area contributed by atoms with Crippen LogP contribution >= 0.6 is 23.2 Å². The summed E-state index contributed by atoms with van der Waals surface area (Å²) < 4.78 is 52.2. The number of hydrogen-bond acceptors (Lipinski definition) is 3. The van der Waals surface area contributed by atoms with Crippen LogP contribution in [-0.2, 0) is 14.8 Å². The van der Waals surface area contributed by atoms with E-state index in [2.05, 4.69) is 5.32 Å². The number of benzene rings is 2. The van der Waals surface area contributed by atoms with Crippen LogP contribution in [0.25, 0.3) is 0 Å². The Kier molecular flexibility index (Phi) is 6.67. The second kappa shape index (κ2) is 8.41. The van der Waals surface area contributed by atoms with Gasteiger partial charge in [-0.25, -0.2) is 17.2 Å². The number of carbonyl (C=O) groups is 1. The van der Waals surface area contributed by atoms with Crippen LogP contribution in [-0.4, -0.2) is 26.6 Å². The molecule has 0 unspecified atom stereocenters. The van der Waals surface area contributed by atoms with Crippen molar-refractivity contribution >= 4 is 50.5 Å². The molecule has 2 aromatic carbocycles. The number of nitrogens with one attached hydrogen (secondary N) is 1. The lowest BCUT2D eigenvalue weighted by Crippen LogP contribution is -2.47. The zero-order valence-corrected chi connectivity index (χ0v) is 16.7. The second-order valence-electron chi connectivity index (χ2n) is 5.70. The van der Waals surface area contributed by atoms with Crippen molar-refractivity contribution in [2.24, 2.45) is 0 Å². The fourth-order valence-electron chi connectivity index (χ4n) is 2.48. The minimum absolute atomic E-state index is 0.0445. The lowest BCUT2D eigenvalue weighted by molar-refractivity contribution is -0.117. The van der Waals surface area contributed by atoms with Gasteiger partial charge in [-0.1, -0.05) is 30.1 Å². The molecule has 0 aliphatic heterocycles. The smallest absolute Gasteiger partial charge is 0.248 e. The van der Waals surface area contributed by atoms with Gasteiger partial charge in [0.25, 0.3) is 0 Å². The third kappa shape index (κ3) is 5.09. The van der Waals surface area contributed by atoms with Crippen LogP contribution in [0.15, 0.2) is 36.4 Å². The monoisotopic (exact) mass is 436 g/mol. The first-order chi connectivity index (χ1) is 12.5. The molecule has 27 heavy (non-hydrogen) atoms. The average Bonchev–Trinajstić information content (AvgIpc) is 2.57. The fourth-order valence-corrected chi connectivity index (χ4v) is 4.04. The van der Waals surface area contributed by atoms with E-state index in [0.29, 0.717) is 0 Å². The van der Waals surface area contributed by atoms with E-state index in [1.807, 2.05) is 0 Å². The van der Waals surface area contributed by atoms with Crippen molar-refractivity contribution in [3.63, 3.8) is 0 Å². The maximum atomic E-state index is 13.4. The van der Waals surface area contributed by atoms with Crippen LogP contribution in [0.4, 0.5) is 20.2 Å². The highest BCUT2D eigenvalue weighted by atomic mass is 35.5. The molecule has 0 bridgehead atoms. The highest BCUT2D eigenvalue weighted by Crippen LogP contribution is 2.28. The standard InChI is InChI=1S/C17H16Cl2F2N2O3S/c1-3-16(17(24)22-10-4-6-14(20)12(18)8-10)23(27(2,25)26)11-5-7-15(21)13(19)9-11/h4-9,16H,3H2,1-2H3,(H,22,24)/t16-/m1/s1. The zero-order valence-electron chi connectivity index (χ0n) is 14.3. The first-order valence-electron chi connectivity index (χ1n) is 7.75. The van der Waals surface area contributed by atoms with Gasteiger partial charge in [0.2, 0.25) is 15.9 Å². The molecule has 0 aromatic heterocycles. The first kappa shape index (κ1) is 21.4. The van der Waals surface area contributed by atoms with Gasteiger partial charge in [-0.15, -0.1) is 0 Å². The number of nitrogens with zero attached hydrogens (tertiary/aromatic N) is 1. The molecule has 1 amide bonds. The maximum absolute atomic E-state index is 13.4. The van der Waals surface area contributed by atoms with Gasteiger partial charge in [0.15, 0.2) is 0 Å². The summed E-state index contributed by atoms with van der Waals surface area (Å²) in [6, 6.07) is 5.79. The average molecular weight is 437 g/mol. The first-order valence-corrected chi connectivity index (χ1v) is 10.4. The Bertz CT molecular complexity index is 971. The molecule has 2 rings (SSSR count). The third-order valence-corrected chi connectivity index (χ3v) is 5.43. The van der Waals surface area contributed by atoms with Crippen molar-refractivity contribution in [1.82, 2.24) is 0 Å². The third-order valence-electron chi connectivity index (χ3n) is 3.67. The predicted octanol–water partition coefficient (Wildman–Crippen LogP) is 4.45. The minimum atomic E-state index is -3.91. The van der Waals surface area contributed by atoms with Gasteiger partial charge in [-0.05, 0) is 42.8 Å². The lowest BCUT2D eigenvalue weighted by atomic mass is 10.1. The van der Waals surface area contributed by atoms with E-state index in [9.17, 15) is 22.0 Å². The van der Waals surface area contributed by atoms with Crippen molar-refractivity contribution in [3.8, 4) is 0 Å². The number of halogens is 4. The van der Waals surface area contributed by atoms with E-state index in [4.69, 9.17) is 23.2 Å². The van der Waals surface area contributed by atoms with Gasteiger partial charge in [0.1, 0.15) is 17.7 Å². The van der Waals surface area contributed by atoms with Crippen molar-refractivity contribution in [2.45, 2.75) is 19.4 Å². The number of hydrogen-bond donors (Lipinski definition) is 1. The lowest BCUT2D eigenvalue weighted by Gasteiger charge is -2.30. The number of amides is 1. The molecule has 0 saturated heterocycles. The number of rotatable bonds is 6. The van der Waals surface area contributed by atoms with Crippen LogP contribution in [0.3, 0.4) is 0 Å². The molecule has 5 nitrogen and oxygen atoms in total. The minimum Gasteiger partial charge on any atom is -0.324 e. The molecule has 0 aliphatic carbocycles. The summed E-state index contributed by atoms with van der Waals surface area (Å²) in [5.74, 6) is -2.03. The van der Waals surface area contributed by atoms with Crippen LogP contribution in [0, 0.1) is 11.6 Å². The Hall–Kier alpha value is -1.90. The molecule has 0 fully saturated rings. The second-order valence-corrected chi connectivity index (χ2v) is 8.37.